The van der Waals surface area contributed by atoms with Gasteiger partial charge in [-0.2, -0.15) is 9.39 Å². The summed E-state index contributed by atoms with van der Waals surface area (Å²) in [5, 5.41) is 20.6. The third-order valence-corrected chi connectivity index (χ3v) is 5.80. The summed E-state index contributed by atoms with van der Waals surface area (Å²) in [6.45, 7) is 1.98. The predicted octanol–water partition coefficient (Wildman–Crippen LogP) is 3.72. The molecule has 0 bridgehead atoms. The zero-order chi connectivity index (χ0) is 20.5. The number of benzene rings is 1. The highest BCUT2D eigenvalue weighted by Gasteiger charge is 2.37. The van der Waals surface area contributed by atoms with Crippen molar-refractivity contribution in [3.63, 3.8) is 0 Å². The Morgan fingerprint density at radius 3 is 2.93 bits per heavy atom. The number of carbonyl (C=O) groups is 1. The number of nitro benzene ring substituents is 1. The second kappa shape index (κ2) is 7.68. The molecule has 11 heteroatoms. The number of aliphatic imine (C=N–C) groups is 1. The van der Waals surface area contributed by atoms with Crippen LogP contribution >= 0.6 is 23.7 Å². The van der Waals surface area contributed by atoms with Crippen molar-refractivity contribution in [3.05, 3.63) is 64.0 Å². The standard InChI is InChI=1S/C18H14N6O3S2/c1-2-28-18-21-29-17-20-16(25)14(15(19)23(17)18)10-12-7-4-8-22(12)11-5-3-6-13(9-11)24(26)27/h3-10,19H,2H2,1H3/b14-10-,19-15?. The van der Waals surface area contributed by atoms with E-state index in [4.69, 9.17) is 5.41 Å². The Hall–Kier alpha value is -3.18. The number of fused-ring (bicyclic) bond motifs is 1. The maximum Gasteiger partial charge on any atom is 0.283 e. The number of aromatic nitrogens is 1. The van der Waals surface area contributed by atoms with E-state index < -0.39 is 10.8 Å². The van der Waals surface area contributed by atoms with E-state index in [1.165, 1.54) is 23.9 Å². The van der Waals surface area contributed by atoms with Gasteiger partial charge in [0.1, 0.15) is 5.84 Å². The molecule has 0 saturated heterocycles. The summed E-state index contributed by atoms with van der Waals surface area (Å²) in [5.41, 5.74) is 1.28. The van der Waals surface area contributed by atoms with Gasteiger partial charge in [0, 0.05) is 24.0 Å². The number of nitrogens with zero attached hydrogens (tertiary/aromatic N) is 5. The minimum Gasteiger partial charge on any atom is -0.317 e. The lowest BCUT2D eigenvalue weighted by molar-refractivity contribution is -0.384. The van der Waals surface area contributed by atoms with Crippen LogP contribution in [0.3, 0.4) is 0 Å². The summed E-state index contributed by atoms with van der Waals surface area (Å²) in [4.78, 5) is 28.8. The van der Waals surface area contributed by atoms with Gasteiger partial charge in [0.15, 0.2) is 5.17 Å². The minimum atomic E-state index is -0.515. The number of carbonyl (C=O) groups excluding carboxylic acids is 1. The summed E-state index contributed by atoms with van der Waals surface area (Å²) in [5.74, 6) is 0.272. The first-order chi connectivity index (χ1) is 14.0. The number of nitrogens with one attached hydrogen (secondary N) is 1. The number of rotatable bonds is 4. The Morgan fingerprint density at radius 1 is 1.34 bits per heavy atom. The first kappa shape index (κ1) is 19.2. The van der Waals surface area contributed by atoms with Crippen LogP contribution in [0.2, 0.25) is 0 Å². The molecular formula is C18H14N6O3S2. The fourth-order valence-electron chi connectivity index (χ4n) is 2.88. The molecule has 2 aromatic rings. The Labute approximate surface area is 174 Å². The zero-order valence-electron chi connectivity index (χ0n) is 15.1. The van der Waals surface area contributed by atoms with Crippen LogP contribution in [-0.2, 0) is 4.79 Å². The Morgan fingerprint density at radius 2 is 2.17 bits per heavy atom. The molecule has 0 spiro atoms. The molecule has 0 radical (unpaired) electrons. The number of nitro groups is 1. The third-order valence-electron chi connectivity index (χ3n) is 4.16. The highest BCUT2D eigenvalue weighted by molar-refractivity contribution is 8.19. The first-order valence-corrected chi connectivity index (χ1v) is 10.3. The third kappa shape index (κ3) is 3.49. The van der Waals surface area contributed by atoms with Crippen LogP contribution in [0.1, 0.15) is 12.6 Å². The van der Waals surface area contributed by atoms with Crippen molar-refractivity contribution in [2.45, 2.75) is 6.92 Å². The van der Waals surface area contributed by atoms with E-state index in [0.29, 0.717) is 21.7 Å². The van der Waals surface area contributed by atoms with Gasteiger partial charge in [0.2, 0.25) is 5.17 Å². The number of thioether (sulfide) groups is 1. The first-order valence-electron chi connectivity index (χ1n) is 8.53. The predicted molar refractivity (Wildman–Crippen MR) is 116 cm³/mol. The van der Waals surface area contributed by atoms with E-state index in [-0.39, 0.29) is 17.1 Å². The van der Waals surface area contributed by atoms with Crippen molar-refractivity contribution in [1.29, 1.82) is 5.41 Å². The van der Waals surface area contributed by atoms with Gasteiger partial charge in [-0.25, -0.2) is 4.90 Å². The maximum atomic E-state index is 12.5. The Bertz CT molecular complexity index is 1130. The number of amidine groups is 3. The van der Waals surface area contributed by atoms with Crippen molar-refractivity contribution in [2.24, 2.45) is 9.39 Å². The molecule has 146 valence electrons. The second-order valence-electron chi connectivity index (χ2n) is 5.92. The fraction of sp³-hybridized carbons (Fsp3) is 0.111. The summed E-state index contributed by atoms with van der Waals surface area (Å²) >= 11 is 2.55. The van der Waals surface area contributed by atoms with E-state index in [0.717, 1.165) is 17.7 Å². The lowest BCUT2D eigenvalue weighted by atomic mass is 10.1. The van der Waals surface area contributed by atoms with Crippen LogP contribution in [0.4, 0.5) is 5.69 Å². The van der Waals surface area contributed by atoms with Gasteiger partial charge >= 0.3 is 0 Å². The van der Waals surface area contributed by atoms with Gasteiger partial charge in [-0.1, -0.05) is 24.8 Å². The molecule has 3 heterocycles. The summed E-state index contributed by atoms with van der Waals surface area (Å²) in [7, 11) is 0. The molecule has 1 N–H and O–H groups in total. The fourth-order valence-corrected chi connectivity index (χ4v) is 4.45. The molecule has 1 amide bonds. The van der Waals surface area contributed by atoms with Gasteiger partial charge in [0.25, 0.3) is 11.6 Å². The second-order valence-corrected chi connectivity index (χ2v) is 7.88. The van der Waals surface area contributed by atoms with Crippen molar-refractivity contribution in [2.75, 3.05) is 5.75 Å². The smallest absolute Gasteiger partial charge is 0.283 e. The quantitative estimate of drug-likeness (QED) is 0.345. The van der Waals surface area contributed by atoms with E-state index in [1.807, 2.05) is 6.92 Å². The zero-order valence-corrected chi connectivity index (χ0v) is 16.7. The molecule has 0 saturated carbocycles. The van der Waals surface area contributed by atoms with Crippen molar-refractivity contribution >= 4 is 57.6 Å². The van der Waals surface area contributed by atoms with Gasteiger partial charge in [-0.3, -0.25) is 20.3 Å². The molecule has 0 fully saturated rings. The molecule has 2 aliphatic rings. The van der Waals surface area contributed by atoms with Crippen LogP contribution in [0, 0.1) is 15.5 Å². The van der Waals surface area contributed by atoms with Crippen molar-refractivity contribution in [3.8, 4) is 5.69 Å². The summed E-state index contributed by atoms with van der Waals surface area (Å²) in [6, 6.07) is 9.73. The average Bonchev–Trinajstić information content (AvgIpc) is 3.32. The van der Waals surface area contributed by atoms with Crippen molar-refractivity contribution in [1.82, 2.24) is 9.47 Å². The van der Waals surface area contributed by atoms with Crippen molar-refractivity contribution < 1.29 is 9.72 Å². The molecular weight excluding hydrogens is 412 g/mol. The molecule has 0 aliphatic carbocycles. The van der Waals surface area contributed by atoms with Crippen LogP contribution in [-0.4, -0.2) is 42.2 Å². The number of hydrogen-bond donors (Lipinski definition) is 1. The Kier molecular flexibility index (Phi) is 5.07. The molecule has 1 aromatic heterocycles. The molecule has 9 nitrogen and oxygen atoms in total. The van der Waals surface area contributed by atoms with E-state index >= 15 is 0 Å². The van der Waals surface area contributed by atoms with Gasteiger partial charge in [0.05, 0.1) is 28.1 Å². The van der Waals surface area contributed by atoms with E-state index in [2.05, 4.69) is 9.39 Å². The van der Waals surface area contributed by atoms with Crippen LogP contribution < -0.4 is 0 Å². The molecule has 0 unspecified atom stereocenters. The SMILES string of the molecule is CCSC1=NSC2=NC(=O)/C(=C\c3cccn3-c3cccc([N+](=O)[O-])c3)C(=N)N12. The lowest BCUT2D eigenvalue weighted by Crippen LogP contribution is -2.41. The van der Waals surface area contributed by atoms with Crippen LogP contribution in [0.25, 0.3) is 11.8 Å². The van der Waals surface area contributed by atoms with Gasteiger partial charge < -0.3 is 4.57 Å². The molecule has 4 rings (SSSR count). The molecule has 0 atom stereocenters. The summed E-state index contributed by atoms with van der Waals surface area (Å²) < 4.78 is 6.00. The normalized spacial score (nSPS) is 17.4. The molecule has 29 heavy (non-hydrogen) atoms. The maximum absolute atomic E-state index is 12.5. The molecule has 1 aromatic carbocycles. The highest BCUT2D eigenvalue weighted by Crippen LogP contribution is 2.32. The van der Waals surface area contributed by atoms with Gasteiger partial charge in [-0.05, 0) is 30.0 Å². The number of amides is 1. The van der Waals surface area contributed by atoms with Crippen LogP contribution in [0.5, 0.6) is 0 Å². The van der Waals surface area contributed by atoms with E-state index in [9.17, 15) is 14.9 Å². The topological polar surface area (TPSA) is 117 Å². The monoisotopic (exact) mass is 426 g/mol. The average molecular weight is 426 g/mol. The van der Waals surface area contributed by atoms with E-state index in [1.54, 1.807) is 46.0 Å². The Balaban J connectivity index is 1.73. The molecule has 2 aliphatic heterocycles. The summed E-state index contributed by atoms with van der Waals surface area (Å²) in [6.07, 6.45) is 3.31. The lowest BCUT2D eigenvalue weighted by Gasteiger charge is -2.24. The van der Waals surface area contributed by atoms with Gasteiger partial charge in [-0.15, -0.1) is 0 Å². The van der Waals surface area contributed by atoms with Crippen LogP contribution in [0.15, 0.2) is 57.6 Å². The number of non-ortho nitro benzene ring substituents is 1. The number of hydrogen-bond acceptors (Lipinski definition) is 7. The minimum absolute atomic E-state index is 0.0106. The highest BCUT2D eigenvalue weighted by atomic mass is 32.2. The largest absolute Gasteiger partial charge is 0.317 e.